The Morgan fingerprint density at radius 3 is 2.70 bits per heavy atom. The van der Waals surface area contributed by atoms with Crippen LogP contribution in [-0.2, 0) is 0 Å². The molecule has 0 aliphatic rings. The lowest BCUT2D eigenvalue weighted by Crippen LogP contribution is -2.38. The highest BCUT2D eigenvalue weighted by atomic mass is 79.9. The van der Waals surface area contributed by atoms with Crippen LogP contribution in [0.3, 0.4) is 0 Å². The van der Waals surface area contributed by atoms with Gasteiger partial charge in [-0.2, -0.15) is 5.26 Å². The second-order valence-electron chi connectivity index (χ2n) is 4.64. The van der Waals surface area contributed by atoms with Crippen molar-refractivity contribution >= 4 is 21.6 Å². The maximum atomic E-state index is 11.0. The van der Waals surface area contributed by atoms with Gasteiger partial charge < -0.3 is 4.74 Å². The molecule has 20 heavy (non-hydrogen) atoms. The largest absolute Gasteiger partial charge is 0.484 e. The number of benzene rings is 1. The van der Waals surface area contributed by atoms with Crippen molar-refractivity contribution in [2.45, 2.75) is 32.9 Å². The van der Waals surface area contributed by atoms with E-state index in [2.05, 4.69) is 27.3 Å². The number of rotatable bonds is 6. The van der Waals surface area contributed by atoms with Gasteiger partial charge in [0.2, 0.25) is 0 Å². The Morgan fingerprint density at radius 1 is 1.55 bits per heavy atom. The van der Waals surface area contributed by atoms with E-state index in [4.69, 9.17) is 10.00 Å². The quantitative estimate of drug-likeness (QED) is 0.634. The normalized spacial score (nSPS) is 12.0. The second kappa shape index (κ2) is 7.22. The van der Waals surface area contributed by atoms with Gasteiger partial charge in [-0.05, 0) is 32.4 Å². The number of nitro groups is 1. The number of nitrogens with one attached hydrogen (secondary N) is 1. The summed E-state index contributed by atoms with van der Waals surface area (Å²) in [5.74, 6) is 0.198. The molecule has 1 unspecified atom stereocenters. The first-order valence-corrected chi connectivity index (χ1v) is 6.87. The van der Waals surface area contributed by atoms with Gasteiger partial charge in [-0.3, -0.25) is 15.4 Å². The van der Waals surface area contributed by atoms with Crippen LogP contribution < -0.4 is 10.1 Å². The predicted molar refractivity (Wildman–Crippen MR) is 78.7 cm³/mol. The third kappa shape index (κ3) is 4.47. The molecule has 1 N–H and O–H groups in total. The van der Waals surface area contributed by atoms with E-state index < -0.39 is 11.0 Å². The molecule has 0 aliphatic heterocycles. The van der Waals surface area contributed by atoms with Crippen LogP contribution in [0, 0.1) is 28.4 Å². The molecule has 7 heteroatoms. The molecular formula is C13H16BrN3O3. The lowest BCUT2D eigenvalue weighted by atomic mass is 10.2. The predicted octanol–water partition coefficient (Wildman–Crippen LogP) is 2.93. The number of ether oxygens (including phenoxy) is 1. The van der Waals surface area contributed by atoms with E-state index in [1.807, 2.05) is 13.8 Å². The van der Waals surface area contributed by atoms with Crippen molar-refractivity contribution in [3.63, 3.8) is 0 Å². The highest BCUT2D eigenvalue weighted by Crippen LogP contribution is 2.34. The van der Waals surface area contributed by atoms with E-state index in [-0.39, 0.29) is 24.1 Å². The standard InChI is InChI=1S/C13H16BrN3O3/c1-8(2)16-11(6-15)7-20-13-9(3)4-10(14)5-12(13)17(18)19/h4-5,8,11,16H,7H2,1-3H3. The molecule has 1 aromatic carbocycles. The zero-order chi connectivity index (χ0) is 15.3. The van der Waals surface area contributed by atoms with Gasteiger partial charge in [0.1, 0.15) is 12.6 Å². The molecule has 1 aromatic rings. The van der Waals surface area contributed by atoms with Gasteiger partial charge >= 0.3 is 5.69 Å². The van der Waals surface area contributed by atoms with Gasteiger partial charge in [0, 0.05) is 16.6 Å². The summed E-state index contributed by atoms with van der Waals surface area (Å²) in [5.41, 5.74) is 0.533. The number of hydrogen-bond acceptors (Lipinski definition) is 5. The molecule has 0 spiro atoms. The van der Waals surface area contributed by atoms with Gasteiger partial charge in [0.15, 0.2) is 5.75 Å². The fourth-order valence-electron chi connectivity index (χ4n) is 1.73. The molecule has 0 fully saturated rings. The van der Waals surface area contributed by atoms with E-state index in [1.165, 1.54) is 6.07 Å². The Bertz CT molecular complexity index is 540. The Balaban J connectivity index is 2.92. The monoisotopic (exact) mass is 341 g/mol. The van der Waals surface area contributed by atoms with Gasteiger partial charge in [-0.25, -0.2) is 0 Å². The Morgan fingerprint density at radius 2 is 2.20 bits per heavy atom. The molecule has 0 radical (unpaired) electrons. The minimum Gasteiger partial charge on any atom is -0.484 e. The topological polar surface area (TPSA) is 88.2 Å². The third-order valence-electron chi connectivity index (χ3n) is 2.50. The first-order chi connectivity index (χ1) is 9.35. The van der Waals surface area contributed by atoms with Crippen LogP contribution in [0.4, 0.5) is 5.69 Å². The maximum Gasteiger partial charge on any atom is 0.312 e. The number of halogens is 1. The smallest absolute Gasteiger partial charge is 0.312 e. The molecule has 1 atom stereocenters. The summed E-state index contributed by atoms with van der Waals surface area (Å²) in [6, 6.07) is 4.81. The van der Waals surface area contributed by atoms with E-state index in [1.54, 1.807) is 13.0 Å². The first-order valence-electron chi connectivity index (χ1n) is 6.08. The average Bonchev–Trinajstić information content (AvgIpc) is 2.34. The number of hydrogen-bond donors (Lipinski definition) is 1. The Kier molecular flexibility index (Phi) is 5.92. The summed E-state index contributed by atoms with van der Waals surface area (Å²) in [7, 11) is 0. The summed E-state index contributed by atoms with van der Waals surface area (Å²) >= 11 is 3.22. The van der Waals surface area contributed by atoms with Gasteiger partial charge in [0.05, 0.1) is 11.0 Å². The van der Waals surface area contributed by atoms with E-state index in [0.717, 1.165) is 0 Å². The van der Waals surface area contributed by atoms with E-state index in [0.29, 0.717) is 10.0 Å². The van der Waals surface area contributed by atoms with Crippen molar-refractivity contribution in [3.8, 4) is 11.8 Å². The summed E-state index contributed by atoms with van der Waals surface area (Å²) in [6.07, 6.45) is 0. The lowest BCUT2D eigenvalue weighted by molar-refractivity contribution is -0.386. The van der Waals surface area contributed by atoms with Crippen molar-refractivity contribution in [1.82, 2.24) is 5.32 Å². The molecule has 0 heterocycles. The van der Waals surface area contributed by atoms with E-state index in [9.17, 15) is 10.1 Å². The van der Waals surface area contributed by atoms with Crippen LogP contribution in [-0.4, -0.2) is 23.6 Å². The summed E-state index contributed by atoms with van der Waals surface area (Å²) < 4.78 is 6.11. The van der Waals surface area contributed by atoms with Crippen LogP contribution in [0.1, 0.15) is 19.4 Å². The zero-order valence-corrected chi connectivity index (χ0v) is 13.1. The first kappa shape index (κ1) is 16.4. The second-order valence-corrected chi connectivity index (χ2v) is 5.56. The molecule has 0 saturated carbocycles. The van der Waals surface area contributed by atoms with Gasteiger partial charge in [-0.15, -0.1) is 0 Å². The Labute approximate surface area is 126 Å². The molecule has 0 saturated heterocycles. The summed E-state index contributed by atoms with van der Waals surface area (Å²) in [5, 5.41) is 23.1. The minimum atomic E-state index is -0.516. The summed E-state index contributed by atoms with van der Waals surface area (Å²) in [4.78, 5) is 10.5. The minimum absolute atomic E-state index is 0.0536. The maximum absolute atomic E-state index is 11.0. The number of nitro benzene ring substituents is 1. The van der Waals surface area contributed by atoms with Crippen molar-refractivity contribution in [1.29, 1.82) is 5.26 Å². The fraction of sp³-hybridized carbons (Fsp3) is 0.462. The molecule has 1 rings (SSSR count). The number of aryl methyl sites for hydroxylation is 1. The molecule has 108 valence electrons. The molecule has 0 amide bonds. The van der Waals surface area contributed by atoms with Crippen LogP contribution >= 0.6 is 15.9 Å². The molecule has 0 bridgehead atoms. The van der Waals surface area contributed by atoms with Crippen molar-refractivity contribution in [3.05, 3.63) is 32.3 Å². The van der Waals surface area contributed by atoms with Crippen LogP contribution in [0.5, 0.6) is 5.75 Å². The van der Waals surface area contributed by atoms with E-state index >= 15 is 0 Å². The third-order valence-corrected chi connectivity index (χ3v) is 2.96. The van der Waals surface area contributed by atoms with Crippen LogP contribution in [0.25, 0.3) is 0 Å². The number of nitriles is 1. The molecule has 6 nitrogen and oxygen atoms in total. The number of nitrogens with zero attached hydrogens (tertiary/aromatic N) is 2. The highest BCUT2D eigenvalue weighted by molar-refractivity contribution is 9.10. The fourth-order valence-corrected chi connectivity index (χ4v) is 2.29. The molecule has 0 aliphatic carbocycles. The molecule has 0 aromatic heterocycles. The van der Waals surface area contributed by atoms with Gasteiger partial charge in [-0.1, -0.05) is 15.9 Å². The lowest BCUT2D eigenvalue weighted by Gasteiger charge is -2.16. The Hall–Kier alpha value is -1.65. The van der Waals surface area contributed by atoms with Crippen LogP contribution in [0.15, 0.2) is 16.6 Å². The molecular weight excluding hydrogens is 326 g/mol. The average molecular weight is 342 g/mol. The van der Waals surface area contributed by atoms with Crippen LogP contribution in [0.2, 0.25) is 0 Å². The SMILES string of the molecule is Cc1cc(Br)cc([N+](=O)[O-])c1OCC(C#N)NC(C)C. The zero-order valence-electron chi connectivity index (χ0n) is 11.5. The highest BCUT2D eigenvalue weighted by Gasteiger charge is 2.20. The van der Waals surface area contributed by atoms with Crippen molar-refractivity contribution < 1.29 is 9.66 Å². The summed E-state index contributed by atoms with van der Waals surface area (Å²) in [6.45, 7) is 5.61. The van der Waals surface area contributed by atoms with Crippen molar-refractivity contribution in [2.75, 3.05) is 6.61 Å². The van der Waals surface area contributed by atoms with Crippen molar-refractivity contribution in [2.24, 2.45) is 0 Å². The van der Waals surface area contributed by atoms with Gasteiger partial charge in [0.25, 0.3) is 0 Å².